The predicted molar refractivity (Wildman–Crippen MR) is 119 cm³/mol. The van der Waals surface area contributed by atoms with Gasteiger partial charge in [0, 0.05) is 33.1 Å². The lowest BCUT2D eigenvalue weighted by Crippen LogP contribution is -2.26. The molecule has 0 fully saturated rings. The average molecular weight is 417 g/mol. The quantitative estimate of drug-likeness (QED) is 0.451. The smallest absolute Gasteiger partial charge is 0.256 e. The number of rotatable bonds is 5. The van der Waals surface area contributed by atoms with Gasteiger partial charge in [-0.3, -0.25) is 14.4 Å². The number of fused-ring (bicyclic) bond motifs is 1. The molecule has 0 radical (unpaired) electrons. The molecule has 0 spiro atoms. The minimum Gasteiger partial charge on any atom is -0.345 e. The van der Waals surface area contributed by atoms with Crippen LogP contribution in [0.3, 0.4) is 0 Å². The maximum absolute atomic E-state index is 12.8. The number of pyridine rings is 1. The van der Waals surface area contributed by atoms with Gasteiger partial charge in [0.25, 0.3) is 11.8 Å². The second-order valence-electron chi connectivity index (χ2n) is 6.84. The fraction of sp³-hybridized carbons (Fsp3) is 0.0870. The first kappa shape index (κ1) is 19.6. The summed E-state index contributed by atoms with van der Waals surface area (Å²) in [4.78, 5) is 41.1. The normalized spacial score (nSPS) is 11.8. The lowest BCUT2D eigenvalue weighted by Gasteiger charge is -2.13. The minimum atomic E-state index is -0.415. The van der Waals surface area contributed by atoms with Gasteiger partial charge in [0.15, 0.2) is 0 Å². The number of aromatic nitrogens is 1. The maximum atomic E-state index is 12.8. The predicted octanol–water partition coefficient (Wildman–Crippen LogP) is 4.33. The van der Waals surface area contributed by atoms with E-state index >= 15 is 0 Å². The van der Waals surface area contributed by atoms with Crippen LogP contribution in [0.5, 0.6) is 0 Å². The van der Waals surface area contributed by atoms with Gasteiger partial charge in [-0.1, -0.05) is 30.3 Å². The Morgan fingerprint density at radius 2 is 1.80 bits per heavy atom. The van der Waals surface area contributed by atoms with E-state index in [1.165, 1.54) is 6.07 Å². The standard InChI is InChI=1S/C23H19N3O3S/c1-14(20-10-5-11-30-20)24-22(28)15-6-4-7-16(12-15)25-23(29)18-13-21(27)26-19-9-3-2-8-17(18)19/h2-14H,1H3,(H,24,28)(H,25,29)(H,26,27)/t14-/m0/s1. The summed E-state index contributed by atoms with van der Waals surface area (Å²) in [6.45, 7) is 1.92. The molecule has 0 saturated carbocycles. The van der Waals surface area contributed by atoms with Gasteiger partial charge in [-0.05, 0) is 42.6 Å². The number of thiophene rings is 1. The Kier molecular flexibility index (Phi) is 5.45. The summed E-state index contributed by atoms with van der Waals surface area (Å²) < 4.78 is 0. The van der Waals surface area contributed by atoms with Crippen molar-refractivity contribution >= 4 is 39.7 Å². The van der Waals surface area contributed by atoms with Gasteiger partial charge in [-0.25, -0.2) is 0 Å². The van der Waals surface area contributed by atoms with Gasteiger partial charge in [-0.15, -0.1) is 11.3 Å². The largest absolute Gasteiger partial charge is 0.345 e. The molecule has 2 aromatic carbocycles. The molecule has 0 bridgehead atoms. The number of anilines is 1. The molecular formula is C23H19N3O3S. The monoisotopic (exact) mass is 417 g/mol. The summed E-state index contributed by atoms with van der Waals surface area (Å²) in [6, 6.07) is 18.9. The van der Waals surface area contributed by atoms with E-state index in [4.69, 9.17) is 0 Å². The number of carbonyl (C=O) groups is 2. The minimum absolute atomic E-state index is 0.113. The summed E-state index contributed by atoms with van der Waals surface area (Å²) in [5, 5.41) is 8.35. The molecule has 4 aromatic rings. The molecule has 0 aliphatic rings. The molecule has 30 heavy (non-hydrogen) atoms. The third kappa shape index (κ3) is 4.16. The molecule has 3 N–H and O–H groups in total. The van der Waals surface area contributed by atoms with E-state index in [0.29, 0.717) is 22.2 Å². The lowest BCUT2D eigenvalue weighted by molar-refractivity contribution is 0.0939. The Bertz CT molecular complexity index is 1280. The number of H-pyrrole nitrogens is 1. The number of hydrogen-bond acceptors (Lipinski definition) is 4. The number of carbonyl (C=O) groups excluding carboxylic acids is 2. The topological polar surface area (TPSA) is 91.1 Å². The van der Waals surface area contributed by atoms with Crippen molar-refractivity contribution in [3.8, 4) is 0 Å². The maximum Gasteiger partial charge on any atom is 0.256 e. The van der Waals surface area contributed by atoms with E-state index < -0.39 is 5.91 Å². The van der Waals surface area contributed by atoms with Crippen LogP contribution in [0.4, 0.5) is 5.69 Å². The number of nitrogens with one attached hydrogen (secondary N) is 3. The summed E-state index contributed by atoms with van der Waals surface area (Å²) >= 11 is 1.58. The van der Waals surface area contributed by atoms with Crippen LogP contribution >= 0.6 is 11.3 Å². The van der Waals surface area contributed by atoms with Crippen LogP contribution in [0.1, 0.15) is 38.6 Å². The molecule has 7 heteroatoms. The molecular weight excluding hydrogens is 398 g/mol. The third-order valence-corrected chi connectivity index (χ3v) is 5.75. The van der Waals surface area contributed by atoms with E-state index in [1.54, 1.807) is 59.9 Å². The van der Waals surface area contributed by atoms with Gasteiger partial charge in [0.05, 0.1) is 11.6 Å². The van der Waals surface area contributed by atoms with Gasteiger partial charge in [-0.2, -0.15) is 0 Å². The second-order valence-corrected chi connectivity index (χ2v) is 7.82. The molecule has 0 saturated heterocycles. The van der Waals surface area contributed by atoms with Crippen molar-refractivity contribution in [2.24, 2.45) is 0 Å². The number of para-hydroxylation sites is 1. The van der Waals surface area contributed by atoms with E-state index in [1.807, 2.05) is 24.4 Å². The van der Waals surface area contributed by atoms with Crippen molar-refractivity contribution in [2.75, 3.05) is 5.32 Å². The first-order valence-corrected chi connectivity index (χ1v) is 10.3. The molecule has 150 valence electrons. The first-order chi connectivity index (χ1) is 14.5. The molecule has 6 nitrogen and oxygen atoms in total. The highest BCUT2D eigenvalue weighted by atomic mass is 32.1. The van der Waals surface area contributed by atoms with Crippen molar-refractivity contribution in [3.63, 3.8) is 0 Å². The van der Waals surface area contributed by atoms with Crippen LogP contribution in [0, 0.1) is 0 Å². The molecule has 2 aromatic heterocycles. The highest BCUT2D eigenvalue weighted by molar-refractivity contribution is 7.10. The van der Waals surface area contributed by atoms with Crippen molar-refractivity contribution in [2.45, 2.75) is 13.0 Å². The first-order valence-electron chi connectivity index (χ1n) is 9.39. The highest BCUT2D eigenvalue weighted by Gasteiger charge is 2.15. The van der Waals surface area contributed by atoms with Gasteiger partial charge >= 0.3 is 0 Å². The number of hydrogen-bond donors (Lipinski definition) is 3. The Morgan fingerprint density at radius 1 is 0.967 bits per heavy atom. The summed E-state index contributed by atoms with van der Waals surface area (Å²) in [7, 11) is 0. The highest BCUT2D eigenvalue weighted by Crippen LogP contribution is 2.20. The molecule has 0 unspecified atom stereocenters. The van der Waals surface area contributed by atoms with Crippen LogP contribution in [0.15, 0.2) is 76.9 Å². The van der Waals surface area contributed by atoms with E-state index in [2.05, 4.69) is 15.6 Å². The SMILES string of the molecule is C[C@H](NC(=O)c1cccc(NC(=O)c2cc(=O)[nH]c3ccccc23)c1)c1cccs1. The Labute approximate surface area is 176 Å². The van der Waals surface area contributed by atoms with Crippen molar-refractivity contribution in [3.05, 3.63) is 98.5 Å². The van der Waals surface area contributed by atoms with Gasteiger partial charge in [0.2, 0.25) is 5.56 Å². The summed E-state index contributed by atoms with van der Waals surface area (Å²) in [6.07, 6.45) is 0. The van der Waals surface area contributed by atoms with Crippen molar-refractivity contribution < 1.29 is 9.59 Å². The van der Waals surface area contributed by atoms with E-state index in [-0.39, 0.29) is 23.1 Å². The fourth-order valence-corrected chi connectivity index (χ4v) is 3.95. The van der Waals surface area contributed by atoms with Gasteiger partial charge < -0.3 is 15.6 Å². The third-order valence-electron chi connectivity index (χ3n) is 4.70. The van der Waals surface area contributed by atoms with Crippen LogP contribution in [0.25, 0.3) is 10.9 Å². The zero-order valence-electron chi connectivity index (χ0n) is 16.1. The zero-order chi connectivity index (χ0) is 21.1. The lowest BCUT2D eigenvalue weighted by atomic mass is 10.1. The zero-order valence-corrected chi connectivity index (χ0v) is 17.0. The number of benzene rings is 2. The van der Waals surface area contributed by atoms with Crippen molar-refractivity contribution in [1.29, 1.82) is 0 Å². The molecule has 0 aliphatic carbocycles. The summed E-state index contributed by atoms with van der Waals surface area (Å²) in [5.41, 5.74) is 1.42. The summed E-state index contributed by atoms with van der Waals surface area (Å²) in [5.74, 6) is -0.643. The van der Waals surface area contributed by atoms with Crippen LogP contribution in [-0.4, -0.2) is 16.8 Å². The second kappa shape index (κ2) is 8.34. The molecule has 0 aliphatic heterocycles. The number of amides is 2. The van der Waals surface area contributed by atoms with E-state index in [0.717, 1.165) is 4.88 Å². The molecule has 2 heterocycles. The average Bonchev–Trinajstić information content (AvgIpc) is 3.28. The van der Waals surface area contributed by atoms with E-state index in [9.17, 15) is 14.4 Å². The Hall–Kier alpha value is -3.71. The Morgan fingerprint density at radius 3 is 2.60 bits per heavy atom. The van der Waals surface area contributed by atoms with Crippen molar-refractivity contribution in [1.82, 2.24) is 10.3 Å². The van der Waals surface area contributed by atoms with Crippen LogP contribution in [0.2, 0.25) is 0 Å². The van der Waals surface area contributed by atoms with Crippen LogP contribution < -0.4 is 16.2 Å². The molecule has 2 amide bonds. The number of aromatic amines is 1. The van der Waals surface area contributed by atoms with Crippen LogP contribution in [-0.2, 0) is 0 Å². The molecule has 4 rings (SSSR count). The Balaban J connectivity index is 1.54. The fourth-order valence-electron chi connectivity index (χ4n) is 3.22. The van der Waals surface area contributed by atoms with Gasteiger partial charge in [0.1, 0.15) is 0 Å². The molecule has 1 atom stereocenters.